The summed E-state index contributed by atoms with van der Waals surface area (Å²) in [6.45, 7) is -0.0760. The molecular weight excluding hydrogens is 324 g/mol. The monoisotopic (exact) mass is 336 g/mol. The lowest BCUT2D eigenvalue weighted by atomic mass is 10.1. The predicted octanol–water partition coefficient (Wildman–Crippen LogP) is 3.50. The molecule has 20 heavy (non-hydrogen) atoms. The lowest BCUT2D eigenvalue weighted by Gasteiger charge is -2.18. The third kappa shape index (κ3) is 3.34. The standard InChI is InChI=1S/C14H13BrN2O3/c15-12-8-11(17(19)20)6-7-13(12)16-14(9-18)10-4-2-1-3-5-10/h1-8,14,16,18H,9H2/t14-/m1/s1. The fraction of sp³-hybridized carbons (Fsp3) is 0.143. The summed E-state index contributed by atoms with van der Waals surface area (Å²) in [7, 11) is 0. The van der Waals surface area contributed by atoms with Crippen molar-refractivity contribution >= 4 is 27.3 Å². The van der Waals surface area contributed by atoms with Crippen molar-refractivity contribution in [2.45, 2.75) is 6.04 Å². The van der Waals surface area contributed by atoms with Crippen molar-refractivity contribution in [1.29, 1.82) is 0 Å². The molecule has 0 aliphatic heterocycles. The second-order valence-corrected chi connectivity index (χ2v) is 5.07. The molecule has 0 spiro atoms. The normalized spacial score (nSPS) is 11.9. The fourth-order valence-corrected chi connectivity index (χ4v) is 2.32. The first-order valence-electron chi connectivity index (χ1n) is 5.98. The van der Waals surface area contributed by atoms with Gasteiger partial charge in [0.15, 0.2) is 0 Å². The molecule has 2 aromatic rings. The molecule has 2 rings (SSSR count). The van der Waals surface area contributed by atoms with Crippen LogP contribution in [0.4, 0.5) is 11.4 Å². The molecule has 2 aromatic carbocycles. The second-order valence-electron chi connectivity index (χ2n) is 4.21. The smallest absolute Gasteiger partial charge is 0.270 e. The third-order valence-electron chi connectivity index (χ3n) is 2.88. The first-order chi connectivity index (χ1) is 9.61. The number of nitrogens with zero attached hydrogens (tertiary/aromatic N) is 1. The lowest BCUT2D eigenvalue weighted by Crippen LogP contribution is -2.15. The molecule has 0 heterocycles. The summed E-state index contributed by atoms with van der Waals surface area (Å²) < 4.78 is 0.584. The molecule has 0 saturated carbocycles. The molecule has 104 valence electrons. The van der Waals surface area contributed by atoms with Crippen molar-refractivity contribution in [1.82, 2.24) is 0 Å². The van der Waals surface area contributed by atoms with E-state index in [2.05, 4.69) is 21.2 Å². The van der Waals surface area contributed by atoms with Crippen LogP contribution in [-0.2, 0) is 0 Å². The van der Waals surface area contributed by atoms with Gasteiger partial charge in [-0.05, 0) is 27.6 Å². The number of nitrogens with one attached hydrogen (secondary N) is 1. The van der Waals surface area contributed by atoms with Gasteiger partial charge in [-0.25, -0.2) is 0 Å². The van der Waals surface area contributed by atoms with Crippen molar-refractivity contribution in [3.63, 3.8) is 0 Å². The zero-order chi connectivity index (χ0) is 14.5. The summed E-state index contributed by atoms with van der Waals surface area (Å²) in [5.41, 5.74) is 1.65. The second kappa shape index (κ2) is 6.49. The Kier molecular flexibility index (Phi) is 4.70. The van der Waals surface area contributed by atoms with E-state index >= 15 is 0 Å². The van der Waals surface area contributed by atoms with Crippen LogP contribution in [0, 0.1) is 10.1 Å². The Bertz CT molecular complexity index is 605. The molecule has 0 amide bonds. The largest absolute Gasteiger partial charge is 0.394 e. The van der Waals surface area contributed by atoms with Gasteiger partial charge in [0.05, 0.1) is 17.6 Å². The number of benzene rings is 2. The van der Waals surface area contributed by atoms with Crippen LogP contribution in [0.25, 0.3) is 0 Å². The molecule has 2 N–H and O–H groups in total. The zero-order valence-electron chi connectivity index (χ0n) is 10.5. The van der Waals surface area contributed by atoms with E-state index in [4.69, 9.17) is 0 Å². The van der Waals surface area contributed by atoms with Gasteiger partial charge in [0.1, 0.15) is 0 Å². The van der Waals surface area contributed by atoms with Crippen LogP contribution in [-0.4, -0.2) is 16.6 Å². The Morgan fingerprint density at radius 1 is 1.25 bits per heavy atom. The Labute approximate surface area is 124 Å². The maximum atomic E-state index is 10.7. The molecule has 5 nitrogen and oxygen atoms in total. The number of aliphatic hydroxyl groups excluding tert-OH is 1. The van der Waals surface area contributed by atoms with Gasteiger partial charge < -0.3 is 10.4 Å². The average Bonchev–Trinajstić information content (AvgIpc) is 2.46. The highest BCUT2D eigenvalue weighted by atomic mass is 79.9. The number of halogens is 1. The SMILES string of the molecule is O=[N+]([O-])c1ccc(N[C@H](CO)c2ccccc2)c(Br)c1. The molecular formula is C14H13BrN2O3. The van der Waals surface area contributed by atoms with Gasteiger partial charge in [-0.2, -0.15) is 0 Å². The number of hydrogen-bond acceptors (Lipinski definition) is 4. The average molecular weight is 337 g/mol. The van der Waals surface area contributed by atoms with Crippen LogP contribution in [0.3, 0.4) is 0 Å². The van der Waals surface area contributed by atoms with Gasteiger partial charge in [-0.15, -0.1) is 0 Å². The van der Waals surface area contributed by atoms with Crippen LogP contribution in [0.15, 0.2) is 53.0 Å². The molecule has 0 aliphatic carbocycles. The minimum atomic E-state index is -0.449. The van der Waals surface area contributed by atoms with Gasteiger partial charge in [-0.3, -0.25) is 10.1 Å². The number of nitro groups is 1. The molecule has 0 fully saturated rings. The van der Waals surface area contributed by atoms with E-state index in [0.29, 0.717) is 10.2 Å². The van der Waals surface area contributed by atoms with Crippen molar-refractivity contribution in [2.24, 2.45) is 0 Å². The van der Waals surface area contributed by atoms with E-state index in [1.807, 2.05) is 30.3 Å². The molecule has 0 radical (unpaired) electrons. The van der Waals surface area contributed by atoms with E-state index in [1.54, 1.807) is 6.07 Å². The van der Waals surface area contributed by atoms with Gasteiger partial charge in [0, 0.05) is 22.3 Å². The van der Waals surface area contributed by atoms with E-state index in [1.165, 1.54) is 12.1 Å². The van der Waals surface area contributed by atoms with Crippen LogP contribution in [0.5, 0.6) is 0 Å². The third-order valence-corrected chi connectivity index (χ3v) is 3.53. The summed E-state index contributed by atoms with van der Waals surface area (Å²) in [6.07, 6.45) is 0. The Morgan fingerprint density at radius 2 is 1.95 bits per heavy atom. The lowest BCUT2D eigenvalue weighted by molar-refractivity contribution is -0.384. The van der Waals surface area contributed by atoms with Gasteiger partial charge in [0.2, 0.25) is 0 Å². The van der Waals surface area contributed by atoms with Crippen LogP contribution in [0.1, 0.15) is 11.6 Å². The molecule has 0 aromatic heterocycles. The number of non-ortho nitro benzene ring substituents is 1. The highest BCUT2D eigenvalue weighted by Gasteiger charge is 2.14. The van der Waals surface area contributed by atoms with E-state index in [-0.39, 0.29) is 18.3 Å². The maximum Gasteiger partial charge on any atom is 0.270 e. The minimum Gasteiger partial charge on any atom is -0.394 e. The van der Waals surface area contributed by atoms with E-state index < -0.39 is 4.92 Å². The topological polar surface area (TPSA) is 75.4 Å². The summed E-state index contributed by atoms with van der Waals surface area (Å²) in [5.74, 6) is 0. The number of anilines is 1. The van der Waals surface area contributed by atoms with E-state index in [0.717, 1.165) is 5.56 Å². The number of nitro benzene ring substituents is 1. The number of rotatable bonds is 5. The first-order valence-corrected chi connectivity index (χ1v) is 6.77. The first kappa shape index (κ1) is 14.5. The summed E-state index contributed by atoms with van der Waals surface area (Å²) in [4.78, 5) is 10.2. The van der Waals surface area contributed by atoms with Crippen LogP contribution >= 0.6 is 15.9 Å². The van der Waals surface area contributed by atoms with Gasteiger partial charge in [-0.1, -0.05) is 30.3 Å². The predicted molar refractivity (Wildman–Crippen MR) is 80.7 cm³/mol. The molecule has 0 aliphatic rings. The molecule has 0 bridgehead atoms. The summed E-state index contributed by atoms with van der Waals surface area (Å²) in [5, 5.41) is 23.3. The Hall–Kier alpha value is -1.92. The van der Waals surface area contributed by atoms with Crippen molar-refractivity contribution in [3.8, 4) is 0 Å². The maximum absolute atomic E-state index is 10.7. The van der Waals surface area contributed by atoms with Crippen molar-refractivity contribution < 1.29 is 10.0 Å². The van der Waals surface area contributed by atoms with Crippen molar-refractivity contribution in [3.05, 3.63) is 68.7 Å². The van der Waals surface area contributed by atoms with Crippen LogP contribution < -0.4 is 5.32 Å². The molecule has 6 heteroatoms. The summed E-state index contributed by atoms with van der Waals surface area (Å²) >= 11 is 3.30. The van der Waals surface area contributed by atoms with Crippen molar-refractivity contribution in [2.75, 3.05) is 11.9 Å². The Balaban J connectivity index is 2.22. The quantitative estimate of drug-likeness (QED) is 0.647. The zero-order valence-corrected chi connectivity index (χ0v) is 12.1. The molecule has 0 unspecified atom stereocenters. The molecule has 1 atom stereocenters. The minimum absolute atomic E-state index is 0.0164. The van der Waals surface area contributed by atoms with Gasteiger partial charge >= 0.3 is 0 Å². The summed E-state index contributed by atoms with van der Waals surface area (Å²) in [6, 6.07) is 13.7. The highest BCUT2D eigenvalue weighted by Crippen LogP contribution is 2.30. The van der Waals surface area contributed by atoms with Crippen LogP contribution in [0.2, 0.25) is 0 Å². The van der Waals surface area contributed by atoms with Gasteiger partial charge in [0.25, 0.3) is 5.69 Å². The van der Waals surface area contributed by atoms with E-state index in [9.17, 15) is 15.2 Å². The molecule has 0 saturated heterocycles. The highest BCUT2D eigenvalue weighted by molar-refractivity contribution is 9.10. The fourth-order valence-electron chi connectivity index (χ4n) is 1.84. The Morgan fingerprint density at radius 3 is 2.50 bits per heavy atom. The number of hydrogen-bond donors (Lipinski definition) is 2. The number of aliphatic hydroxyl groups is 1.